The van der Waals surface area contributed by atoms with Crippen molar-refractivity contribution in [3.63, 3.8) is 0 Å². The topological polar surface area (TPSA) is 90.9 Å². The maximum Gasteiger partial charge on any atom is 0.241 e. The molecule has 0 fully saturated rings. The first-order valence-corrected chi connectivity index (χ1v) is 7.57. The lowest BCUT2D eigenvalue weighted by molar-refractivity contribution is 0.595. The number of sulfonamides is 1. The van der Waals surface area contributed by atoms with Gasteiger partial charge in [0.15, 0.2) is 0 Å². The van der Waals surface area contributed by atoms with Gasteiger partial charge >= 0.3 is 0 Å². The van der Waals surface area contributed by atoms with Crippen LogP contribution in [0.2, 0.25) is 0 Å². The number of rotatable bonds is 4. The van der Waals surface area contributed by atoms with Gasteiger partial charge in [-0.2, -0.15) is 5.10 Å². The molecule has 0 spiro atoms. The average molecular weight is 280 g/mol. The number of hydrogen-bond acceptors (Lipinski definition) is 4. The molecule has 0 saturated carbocycles. The molecule has 0 radical (unpaired) electrons. The zero-order chi connectivity index (χ0) is 14.0. The first kappa shape index (κ1) is 13.7. The first-order valence-electron chi connectivity index (χ1n) is 6.03. The fourth-order valence-corrected chi connectivity index (χ4v) is 3.13. The van der Waals surface area contributed by atoms with E-state index in [1.165, 1.54) is 0 Å². The van der Waals surface area contributed by atoms with Crippen LogP contribution in [0.25, 0.3) is 5.69 Å². The van der Waals surface area contributed by atoms with Crippen molar-refractivity contribution in [1.82, 2.24) is 14.8 Å². The lowest BCUT2D eigenvalue weighted by Gasteiger charge is -2.06. The molecule has 0 saturated heterocycles. The summed E-state index contributed by atoms with van der Waals surface area (Å²) in [5.74, 6) is 0. The highest BCUT2D eigenvalue weighted by molar-refractivity contribution is 7.89. The maximum absolute atomic E-state index is 11.7. The highest BCUT2D eigenvalue weighted by atomic mass is 32.2. The zero-order valence-electron chi connectivity index (χ0n) is 10.9. The lowest BCUT2D eigenvalue weighted by Crippen LogP contribution is -2.15. The van der Waals surface area contributed by atoms with Crippen molar-refractivity contribution < 1.29 is 8.42 Å². The Morgan fingerprint density at radius 3 is 2.32 bits per heavy atom. The molecular formula is C12H16N4O2S. The van der Waals surface area contributed by atoms with Crippen molar-refractivity contribution in [2.45, 2.75) is 31.6 Å². The summed E-state index contributed by atoms with van der Waals surface area (Å²) in [6, 6.07) is 3.55. The Morgan fingerprint density at radius 2 is 1.84 bits per heavy atom. The van der Waals surface area contributed by atoms with Gasteiger partial charge in [-0.3, -0.25) is 4.98 Å². The fourth-order valence-electron chi connectivity index (χ4n) is 2.06. The van der Waals surface area contributed by atoms with E-state index in [9.17, 15) is 8.42 Å². The highest BCUT2D eigenvalue weighted by Gasteiger charge is 2.24. The van der Waals surface area contributed by atoms with E-state index in [1.807, 2.05) is 13.8 Å². The fraction of sp³-hybridized carbons (Fsp3) is 0.333. The Kier molecular flexibility index (Phi) is 3.68. The number of aromatic nitrogens is 3. The van der Waals surface area contributed by atoms with Gasteiger partial charge in [-0.15, -0.1) is 0 Å². The molecule has 2 N–H and O–H groups in total. The second-order valence-electron chi connectivity index (χ2n) is 4.09. The van der Waals surface area contributed by atoms with Crippen LogP contribution < -0.4 is 5.14 Å². The Labute approximate surface area is 112 Å². The minimum Gasteiger partial charge on any atom is -0.265 e. The van der Waals surface area contributed by atoms with E-state index >= 15 is 0 Å². The van der Waals surface area contributed by atoms with Crippen LogP contribution >= 0.6 is 0 Å². The van der Waals surface area contributed by atoms with E-state index in [4.69, 9.17) is 5.14 Å². The minimum absolute atomic E-state index is 0.148. The zero-order valence-corrected chi connectivity index (χ0v) is 11.7. The van der Waals surface area contributed by atoms with Crippen molar-refractivity contribution in [2.75, 3.05) is 0 Å². The van der Waals surface area contributed by atoms with Crippen LogP contribution in [0.15, 0.2) is 29.4 Å². The Bertz CT molecular complexity index is 677. The van der Waals surface area contributed by atoms with Gasteiger partial charge in [0.25, 0.3) is 0 Å². The second kappa shape index (κ2) is 5.10. The van der Waals surface area contributed by atoms with Gasteiger partial charge in [0, 0.05) is 12.4 Å². The number of nitrogens with two attached hydrogens (primary N) is 1. The summed E-state index contributed by atoms with van der Waals surface area (Å²) in [5.41, 5.74) is 1.87. The van der Waals surface area contributed by atoms with Crippen LogP contribution in [-0.2, 0) is 22.9 Å². The summed E-state index contributed by atoms with van der Waals surface area (Å²) in [4.78, 5) is 4.09. The number of hydrogen-bond donors (Lipinski definition) is 1. The summed E-state index contributed by atoms with van der Waals surface area (Å²) >= 11 is 0. The Morgan fingerprint density at radius 1 is 1.21 bits per heavy atom. The molecule has 0 aromatic carbocycles. The van der Waals surface area contributed by atoms with E-state index in [-0.39, 0.29) is 4.90 Å². The van der Waals surface area contributed by atoms with Gasteiger partial charge in [0.05, 0.1) is 17.1 Å². The molecule has 2 aromatic rings. The van der Waals surface area contributed by atoms with Crippen LogP contribution in [0.5, 0.6) is 0 Å². The molecule has 0 atom stereocenters. The predicted octanol–water partition coefficient (Wildman–Crippen LogP) is 1.04. The van der Waals surface area contributed by atoms with E-state index in [0.717, 1.165) is 5.69 Å². The number of aryl methyl sites for hydroxylation is 1. The maximum atomic E-state index is 11.7. The largest absolute Gasteiger partial charge is 0.265 e. The molecule has 2 aromatic heterocycles. The van der Waals surface area contributed by atoms with Crippen molar-refractivity contribution in [3.8, 4) is 5.69 Å². The third-order valence-electron chi connectivity index (χ3n) is 2.86. The molecule has 0 aliphatic heterocycles. The molecule has 0 aliphatic carbocycles. The quantitative estimate of drug-likeness (QED) is 0.905. The van der Waals surface area contributed by atoms with Crippen molar-refractivity contribution >= 4 is 10.0 Å². The van der Waals surface area contributed by atoms with Crippen LogP contribution in [-0.4, -0.2) is 23.2 Å². The SMILES string of the molecule is CCc1nn(-c2ccncc2)c(CC)c1S(N)(=O)=O. The molecule has 6 nitrogen and oxygen atoms in total. The molecule has 0 amide bonds. The third-order valence-corrected chi connectivity index (χ3v) is 3.90. The molecule has 0 unspecified atom stereocenters. The number of pyridine rings is 1. The van der Waals surface area contributed by atoms with Crippen LogP contribution in [0.4, 0.5) is 0 Å². The van der Waals surface area contributed by atoms with E-state index in [2.05, 4.69) is 10.1 Å². The summed E-state index contributed by atoms with van der Waals surface area (Å²) in [7, 11) is -3.77. The van der Waals surface area contributed by atoms with Crippen LogP contribution in [0.3, 0.4) is 0 Å². The number of nitrogens with zero attached hydrogens (tertiary/aromatic N) is 3. The van der Waals surface area contributed by atoms with Crippen molar-refractivity contribution in [2.24, 2.45) is 5.14 Å². The van der Waals surface area contributed by atoms with Gasteiger partial charge in [-0.1, -0.05) is 13.8 Å². The normalized spacial score (nSPS) is 11.7. The molecular weight excluding hydrogens is 264 g/mol. The average Bonchev–Trinajstić information content (AvgIpc) is 2.78. The Balaban J connectivity index is 2.75. The third kappa shape index (κ3) is 2.52. The molecule has 2 heterocycles. The van der Waals surface area contributed by atoms with Crippen molar-refractivity contribution in [3.05, 3.63) is 35.9 Å². The summed E-state index contributed by atoms with van der Waals surface area (Å²) in [6.07, 6.45) is 4.31. The predicted molar refractivity (Wildman–Crippen MR) is 71.5 cm³/mol. The molecule has 7 heteroatoms. The molecule has 2 rings (SSSR count). The van der Waals surface area contributed by atoms with Gasteiger partial charge in [-0.25, -0.2) is 18.2 Å². The minimum atomic E-state index is -3.77. The number of primary sulfonamides is 1. The smallest absolute Gasteiger partial charge is 0.241 e. The molecule has 0 aliphatic rings. The van der Waals surface area contributed by atoms with Gasteiger partial charge in [0.2, 0.25) is 10.0 Å². The van der Waals surface area contributed by atoms with E-state index < -0.39 is 10.0 Å². The van der Waals surface area contributed by atoms with Gasteiger partial charge in [0.1, 0.15) is 4.90 Å². The van der Waals surface area contributed by atoms with E-state index in [1.54, 1.807) is 29.2 Å². The Hall–Kier alpha value is -1.73. The first-order chi connectivity index (χ1) is 8.99. The summed E-state index contributed by atoms with van der Waals surface area (Å²) < 4.78 is 25.1. The van der Waals surface area contributed by atoms with Gasteiger partial charge < -0.3 is 0 Å². The second-order valence-corrected chi connectivity index (χ2v) is 5.59. The van der Waals surface area contributed by atoms with Gasteiger partial charge in [-0.05, 0) is 25.0 Å². The molecule has 0 bridgehead atoms. The monoisotopic (exact) mass is 280 g/mol. The lowest BCUT2D eigenvalue weighted by atomic mass is 10.2. The van der Waals surface area contributed by atoms with Crippen LogP contribution in [0.1, 0.15) is 25.2 Å². The highest BCUT2D eigenvalue weighted by Crippen LogP contribution is 2.23. The standard InChI is InChI=1S/C12H16N4O2S/c1-3-10-12(19(13,17)18)11(4-2)16(15-10)9-5-7-14-8-6-9/h5-8H,3-4H2,1-2H3,(H2,13,17,18). The molecule has 19 heavy (non-hydrogen) atoms. The summed E-state index contributed by atoms with van der Waals surface area (Å²) in [5, 5.41) is 9.67. The van der Waals surface area contributed by atoms with E-state index in [0.29, 0.717) is 24.2 Å². The summed E-state index contributed by atoms with van der Waals surface area (Å²) in [6.45, 7) is 3.73. The molecule has 102 valence electrons. The van der Waals surface area contributed by atoms with Crippen LogP contribution in [0, 0.1) is 0 Å². The van der Waals surface area contributed by atoms with Crippen molar-refractivity contribution in [1.29, 1.82) is 0 Å².